The van der Waals surface area contributed by atoms with Crippen LogP contribution in [0.4, 0.5) is 5.69 Å². The SMILES string of the molecule is CN(C)S(=O)(=O)N1CCN(c2ccc(OCc3nn(C)c(CO)c3Br)cc2)CC1. The van der Waals surface area contributed by atoms with Gasteiger partial charge >= 0.3 is 0 Å². The third-order valence-corrected chi connectivity index (χ3v) is 7.78. The Balaban J connectivity index is 1.57. The van der Waals surface area contributed by atoms with E-state index in [1.165, 1.54) is 8.61 Å². The highest BCUT2D eigenvalue weighted by Crippen LogP contribution is 2.25. The van der Waals surface area contributed by atoms with E-state index in [4.69, 9.17) is 4.74 Å². The molecule has 2 aromatic rings. The average Bonchev–Trinajstić information content (AvgIpc) is 2.99. The Morgan fingerprint density at radius 1 is 1.17 bits per heavy atom. The van der Waals surface area contributed by atoms with Crippen molar-refractivity contribution in [3.8, 4) is 5.75 Å². The van der Waals surface area contributed by atoms with Crippen molar-refractivity contribution in [3.05, 3.63) is 40.1 Å². The van der Waals surface area contributed by atoms with Crippen LogP contribution in [-0.2, 0) is 30.5 Å². The van der Waals surface area contributed by atoms with Crippen LogP contribution >= 0.6 is 15.9 Å². The van der Waals surface area contributed by atoms with Crippen LogP contribution in [0.2, 0.25) is 0 Å². The molecule has 29 heavy (non-hydrogen) atoms. The number of ether oxygens (including phenoxy) is 1. The molecule has 1 aromatic carbocycles. The Morgan fingerprint density at radius 2 is 1.79 bits per heavy atom. The Bertz CT molecular complexity index is 938. The molecule has 0 spiro atoms. The summed E-state index contributed by atoms with van der Waals surface area (Å²) in [4.78, 5) is 2.16. The molecule has 1 saturated heterocycles. The van der Waals surface area contributed by atoms with Gasteiger partial charge in [-0.1, -0.05) is 0 Å². The number of aromatic nitrogens is 2. The zero-order valence-electron chi connectivity index (χ0n) is 16.7. The first-order valence-corrected chi connectivity index (χ1v) is 11.4. The largest absolute Gasteiger partial charge is 0.487 e. The summed E-state index contributed by atoms with van der Waals surface area (Å²) in [6.45, 7) is 2.38. The smallest absolute Gasteiger partial charge is 0.281 e. The van der Waals surface area contributed by atoms with E-state index in [1.54, 1.807) is 25.8 Å². The van der Waals surface area contributed by atoms with E-state index in [9.17, 15) is 13.5 Å². The van der Waals surface area contributed by atoms with Gasteiger partial charge in [0.1, 0.15) is 18.1 Å². The summed E-state index contributed by atoms with van der Waals surface area (Å²) in [5.41, 5.74) is 2.45. The predicted molar refractivity (Wildman–Crippen MR) is 114 cm³/mol. The van der Waals surface area contributed by atoms with Crippen LogP contribution in [0.5, 0.6) is 5.75 Å². The van der Waals surface area contributed by atoms with Crippen molar-refractivity contribution in [3.63, 3.8) is 0 Å². The van der Waals surface area contributed by atoms with Gasteiger partial charge < -0.3 is 14.7 Å². The summed E-state index contributed by atoms with van der Waals surface area (Å²) in [5, 5.41) is 13.7. The minimum atomic E-state index is -3.36. The zero-order valence-corrected chi connectivity index (χ0v) is 19.1. The second-order valence-electron chi connectivity index (χ2n) is 6.95. The molecule has 1 fully saturated rings. The van der Waals surface area contributed by atoms with E-state index < -0.39 is 10.2 Å². The molecule has 0 amide bonds. The molecule has 0 unspecified atom stereocenters. The molecule has 2 heterocycles. The highest BCUT2D eigenvalue weighted by Gasteiger charge is 2.28. The number of anilines is 1. The summed E-state index contributed by atoms with van der Waals surface area (Å²) in [5.74, 6) is 0.714. The molecule has 1 N–H and O–H groups in total. The monoisotopic (exact) mass is 487 g/mol. The summed E-state index contributed by atoms with van der Waals surface area (Å²) in [6, 6.07) is 7.72. The maximum absolute atomic E-state index is 12.2. The quantitative estimate of drug-likeness (QED) is 0.630. The van der Waals surface area contributed by atoms with Crippen LogP contribution < -0.4 is 9.64 Å². The number of aryl methyl sites for hydroxylation is 1. The second kappa shape index (κ2) is 9.00. The Kier molecular flexibility index (Phi) is 6.84. The van der Waals surface area contributed by atoms with Gasteiger partial charge in [-0.05, 0) is 40.2 Å². The van der Waals surface area contributed by atoms with Crippen molar-refractivity contribution in [2.24, 2.45) is 7.05 Å². The number of aliphatic hydroxyl groups excluding tert-OH is 1. The highest BCUT2D eigenvalue weighted by atomic mass is 79.9. The van der Waals surface area contributed by atoms with Gasteiger partial charge in [-0.3, -0.25) is 4.68 Å². The molecule has 1 aliphatic heterocycles. The maximum atomic E-state index is 12.2. The summed E-state index contributed by atoms with van der Waals surface area (Å²) < 4.78 is 35.4. The zero-order chi connectivity index (χ0) is 21.2. The maximum Gasteiger partial charge on any atom is 0.281 e. The van der Waals surface area contributed by atoms with E-state index in [2.05, 4.69) is 25.9 Å². The van der Waals surface area contributed by atoms with E-state index in [0.717, 1.165) is 15.9 Å². The first-order chi connectivity index (χ1) is 13.7. The molecule has 1 aliphatic rings. The molecule has 0 atom stereocenters. The fourth-order valence-corrected chi connectivity index (χ4v) is 4.83. The molecule has 0 bridgehead atoms. The third kappa shape index (κ3) is 4.75. The Morgan fingerprint density at radius 3 is 2.31 bits per heavy atom. The average molecular weight is 488 g/mol. The molecule has 160 valence electrons. The molecule has 0 saturated carbocycles. The molecular formula is C18H26BrN5O4S. The summed E-state index contributed by atoms with van der Waals surface area (Å²) >= 11 is 3.45. The number of hydrogen-bond donors (Lipinski definition) is 1. The molecular weight excluding hydrogens is 462 g/mol. The topological polar surface area (TPSA) is 91.1 Å². The van der Waals surface area contributed by atoms with Crippen LogP contribution in [0.25, 0.3) is 0 Å². The van der Waals surface area contributed by atoms with Crippen LogP contribution in [-0.4, -0.2) is 72.2 Å². The van der Waals surface area contributed by atoms with Gasteiger partial charge in [0.05, 0.1) is 16.8 Å². The van der Waals surface area contributed by atoms with Gasteiger partial charge in [0.25, 0.3) is 10.2 Å². The van der Waals surface area contributed by atoms with Gasteiger partial charge in [0, 0.05) is 53.0 Å². The molecule has 0 aliphatic carbocycles. The standard InChI is InChI=1S/C18H26BrN5O4S/c1-21(2)29(26,27)24-10-8-23(9-11-24)14-4-6-15(7-5-14)28-13-16-18(19)17(12-25)22(3)20-16/h4-7,25H,8-13H2,1-3H3. The fourth-order valence-electron chi connectivity index (χ4n) is 3.17. The minimum Gasteiger partial charge on any atom is -0.487 e. The van der Waals surface area contributed by atoms with Crippen LogP contribution in [0, 0.1) is 0 Å². The van der Waals surface area contributed by atoms with Crippen molar-refractivity contribution in [1.82, 2.24) is 18.4 Å². The van der Waals surface area contributed by atoms with Gasteiger partial charge in [-0.25, -0.2) is 0 Å². The van der Waals surface area contributed by atoms with Crippen LogP contribution in [0.1, 0.15) is 11.4 Å². The number of halogens is 1. The lowest BCUT2D eigenvalue weighted by Crippen LogP contribution is -2.51. The Hall–Kier alpha value is -1.66. The normalized spacial score (nSPS) is 15.9. The van der Waals surface area contributed by atoms with Crippen molar-refractivity contribution < 1.29 is 18.3 Å². The van der Waals surface area contributed by atoms with Crippen molar-refractivity contribution in [2.75, 3.05) is 45.2 Å². The molecule has 9 nitrogen and oxygen atoms in total. The van der Waals surface area contributed by atoms with E-state index in [-0.39, 0.29) is 13.2 Å². The number of rotatable bonds is 7. The lowest BCUT2D eigenvalue weighted by atomic mass is 10.2. The van der Waals surface area contributed by atoms with Gasteiger partial charge in [-0.15, -0.1) is 0 Å². The molecule has 0 radical (unpaired) electrons. The summed E-state index contributed by atoms with van der Waals surface area (Å²) in [6.07, 6.45) is 0. The highest BCUT2D eigenvalue weighted by molar-refractivity contribution is 9.10. The fraction of sp³-hybridized carbons (Fsp3) is 0.500. The van der Waals surface area contributed by atoms with Crippen LogP contribution in [0.15, 0.2) is 28.7 Å². The second-order valence-corrected chi connectivity index (χ2v) is 9.88. The first-order valence-electron chi connectivity index (χ1n) is 9.20. The minimum absolute atomic E-state index is 0.0953. The van der Waals surface area contributed by atoms with Gasteiger partial charge in [0.15, 0.2) is 0 Å². The number of benzene rings is 1. The number of piperazine rings is 1. The molecule has 3 rings (SSSR count). The number of nitrogens with zero attached hydrogens (tertiary/aromatic N) is 5. The van der Waals surface area contributed by atoms with Crippen molar-refractivity contribution >= 4 is 31.8 Å². The lowest BCUT2D eigenvalue weighted by molar-refractivity contribution is 0.270. The van der Waals surface area contributed by atoms with E-state index in [1.807, 2.05) is 24.3 Å². The predicted octanol–water partition coefficient (Wildman–Crippen LogP) is 1.18. The molecule has 11 heteroatoms. The van der Waals surface area contributed by atoms with E-state index in [0.29, 0.717) is 37.6 Å². The first kappa shape index (κ1) is 22.0. The number of hydrogen-bond acceptors (Lipinski definition) is 6. The lowest BCUT2D eigenvalue weighted by Gasteiger charge is -2.36. The van der Waals surface area contributed by atoms with Crippen molar-refractivity contribution in [1.29, 1.82) is 0 Å². The molecule has 1 aromatic heterocycles. The Labute approximate surface area is 179 Å². The summed E-state index contributed by atoms with van der Waals surface area (Å²) in [7, 11) is 1.52. The van der Waals surface area contributed by atoms with Gasteiger partial charge in [0.2, 0.25) is 0 Å². The third-order valence-electron chi connectivity index (χ3n) is 4.92. The van der Waals surface area contributed by atoms with E-state index >= 15 is 0 Å². The number of aliphatic hydroxyl groups is 1. The van der Waals surface area contributed by atoms with Gasteiger partial charge in [-0.2, -0.15) is 22.1 Å². The van der Waals surface area contributed by atoms with Crippen LogP contribution in [0.3, 0.4) is 0 Å². The van der Waals surface area contributed by atoms with Crippen molar-refractivity contribution in [2.45, 2.75) is 13.2 Å².